The van der Waals surface area contributed by atoms with Crippen LogP contribution in [0.1, 0.15) is 90.9 Å². The topological polar surface area (TPSA) is 58.2 Å². The quantitative estimate of drug-likeness (QED) is 0.709. The fraction of sp³-hybridized carbons (Fsp3) is 0.913. The van der Waals surface area contributed by atoms with Gasteiger partial charge in [0, 0.05) is 11.5 Å². The van der Waals surface area contributed by atoms with E-state index in [1.807, 2.05) is 0 Å². The average molecular weight is 375 g/mol. The molecule has 0 aromatic heterocycles. The summed E-state index contributed by atoms with van der Waals surface area (Å²) in [6, 6.07) is -0.105. The van der Waals surface area contributed by atoms with E-state index in [-0.39, 0.29) is 29.2 Å². The van der Waals surface area contributed by atoms with Crippen LogP contribution in [-0.2, 0) is 9.59 Å². The van der Waals surface area contributed by atoms with Gasteiger partial charge in [-0.25, -0.2) is 0 Å². The van der Waals surface area contributed by atoms with Crippen molar-refractivity contribution in [3.8, 4) is 0 Å². The number of nitrogens with one attached hydrogen (secondary N) is 2. The van der Waals surface area contributed by atoms with Crippen LogP contribution < -0.4 is 10.6 Å². The van der Waals surface area contributed by atoms with Gasteiger partial charge in [0.15, 0.2) is 0 Å². The van der Waals surface area contributed by atoms with Crippen molar-refractivity contribution in [2.75, 3.05) is 0 Å². The molecule has 5 aliphatic rings. The van der Waals surface area contributed by atoms with Gasteiger partial charge in [-0.15, -0.1) is 0 Å². The van der Waals surface area contributed by atoms with E-state index in [9.17, 15) is 9.59 Å². The second-order valence-corrected chi connectivity index (χ2v) is 10.6. The summed E-state index contributed by atoms with van der Waals surface area (Å²) in [5.41, 5.74) is -0.176. The first kappa shape index (κ1) is 19.3. The van der Waals surface area contributed by atoms with Gasteiger partial charge in [-0.3, -0.25) is 9.59 Å². The van der Waals surface area contributed by atoms with Gasteiger partial charge in [0.25, 0.3) is 0 Å². The Kier molecular flexibility index (Phi) is 5.53. The zero-order valence-corrected chi connectivity index (χ0v) is 17.3. The molecule has 27 heavy (non-hydrogen) atoms. The summed E-state index contributed by atoms with van der Waals surface area (Å²) in [5.74, 6) is 2.58. The summed E-state index contributed by atoms with van der Waals surface area (Å²) in [4.78, 5) is 26.4. The molecule has 0 aromatic carbocycles. The van der Waals surface area contributed by atoms with E-state index in [2.05, 4.69) is 24.5 Å². The number of amides is 2. The Balaban J connectivity index is 1.40. The first-order valence-electron chi connectivity index (χ1n) is 11.6. The number of rotatable bonds is 5. The minimum atomic E-state index is -0.395. The highest BCUT2D eigenvalue weighted by molar-refractivity contribution is 5.90. The standard InChI is InChI=1S/C23H38N2O2/c1-15(2)20(21(26)24-19-7-5-3-4-6-8-19)25-22(27)23-12-16-9-17(13-23)11-18(10-16)14-23/h15-20H,3-14H2,1-2H3,(H,24,26)(H,25,27). The summed E-state index contributed by atoms with van der Waals surface area (Å²) in [7, 11) is 0. The molecule has 0 spiro atoms. The number of carbonyl (C=O) groups excluding carboxylic acids is 2. The van der Waals surface area contributed by atoms with Crippen LogP contribution in [0.25, 0.3) is 0 Å². The second-order valence-electron chi connectivity index (χ2n) is 10.6. The maximum Gasteiger partial charge on any atom is 0.243 e. The Morgan fingerprint density at radius 2 is 1.37 bits per heavy atom. The third kappa shape index (κ3) is 4.05. The predicted molar refractivity (Wildman–Crippen MR) is 107 cm³/mol. The molecule has 2 amide bonds. The molecule has 5 saturated carbocycles. The smallest absolute Gasteiger partial charge is 0.243 e. The maximum atomic E-state index is 13.4. The van der Waals surface area contributed by atoms with Crippen LogP contribution in [-0.4, -0.2) is 23.9 Å². The second kappa shape index (κ2) is 7.75. The molecule has 152 valence electrons. The molecule has 0 aromatic rings. The zero-order chi connectivity index (χ0) is 19.0. The van der Waals surface area contributed by atoms with Crippen molar-refractivity contribution in [2.24, 2.45) is 29.1 Å². The van der Waals surface area contributed by atoms with E-state index < -0.39 is 6.04 Å². The fourth-order valence-electron chi connectivity index (χ4n) is 6.93. The van der Waals surface area contributed by atoms with Crippen LogP contribution in [0.4, 0.5) is 0 Å². The third-order valence-corrected chi connectivity index (χ3v) is 7.96. The summed E-state index contributed by atoms with van der Waals surface area (Å²) in [6.45, 7) is 4.11. The highest BCUT2D eigenvalue weighted by Gasteiger charge is 2.55. The number of carbonyl (C=O) groups is 2. The lowest BCUT2D eigenvalue weighted by molar-refractivity contribution is -0.149. The molecule has 4 nitrogen and oxygen atoms in total. The molecule has 1 atom stereocenters. The Labute approximate surface area is 164 Å². The van der Waals surface area contributed by atoms with Gasteiger partial charge in [0.05, 0.1) is 0 Å². The molecule has 0 saturated heterocycles. The van der Waals surface area contributed by atoms with E-state index in [0.717, 1.165) is 49.9 Å². The van der Waals surface area contributed by atoms with Crippen LogP contribution >= 0.6 is 0 Å². The molecule has 0 aliphatic heterocycles. The first-order valence-corrected chi connectivity index (χ1v) is 11.6. The molecule has 5 aliphatic carbocycles. The average Bonchev–Trinajstić information content (AvgIpc) is 2.86. The van der Waals surface area contributed by atoms with E-state index >= 15 is 0 Å². The van der Waals surface area contributed by atoms with Gasteiger partial charge >= 0.3 is 0 Å². The fourth-order valence-corrected chi connectivity index (χ4v) is 6.93. The van der Waals surface area contributed by atoms with Crippen molar-refractivity contribution in [3.63, 3.8) is 0 Å². The van der Waals surface area contributed by atoms with Crippen molar-refractivity contribution >= 4 is 11.8 Å². The summed E-state index contributed by atoms with van der Waals surface area (Å²) in [6.07, 6.45) is 14.3. The Morgan fingerprint density at radius 3 is 1.85 bits per heavy atom. The van der Waals surface area contributed by atoms with Crippen LogP contribution in [0.5, 0.6) is 0 Å². The first-order chi connectivity index (χ1) is 12.9. The van der Waals surface area contributed by atoms with E-state index in [1.165, 1.54) is 44.9 Å². The molecule has 4 heteroatoms. The molecule has 0 radical (unpaired) electrons. The molecule has 1 unspecified atom stereocenters. The normalized spacial score (nSPS) is 37.1. The lowest BCUT2D eigenvalue weighted by atomic mass is 9.49. The van der Waals surface area contributed by atoms with Crippen LogP contribution in [0.15, 0.2) is 0 Å². The lowest BCUT2D eigenvalue weighted by Crippen LogP contribution is -2.59. The van der Waals surface area contributed by atoms with Crippen LogP contribution in [0, 0.1) is 29.1 Å². The molecule has 2 N–H and O–H groups in total. The molecular formula is C23H38N2O2. The Bertz CT molecular complexity index is 527. The highest BCUT2D eigenvalue weighted by atomic mass is 16.2. The van der Waals surface area contributed by atoms with Crippen molar-refractivity contribution in [2.45, 2.75) is 103 Å². The molecule has 4 bridgehead atoms. The zero-order valence-electron chi connectivity index (χ0n) is 17.3. The van der Waals surface area contributed by atoms with Crippen molar-refractivity contribution in [3.05, 3.63) is 0 Å². The van der Waals surface area contributed by atoms with Gasteiger partial charge in [-0.1, -0.05) is 39.5 Å². The summed E-state index contributed by atoms with van der Waals surface area (Å²) < 4.78 is 0. The van der Waals surface area contributed by atoms with Crippen molar-refractivity contribution in [1.82, 2.24) is 10.6 Å². The third-order valence-electron chi connectivity index (χ3n) is 7.96. The van der Waals surface area contributed by atoms with Gasteiger partial charge in [-0.05, 0) is 75.0 Å². The number of hydrogen-bond acceptors (Lipinski definition) is 2. The largest absolute Gasteiger partial charge is 0.352 e. The monoisotopic (exact) mass is 374 g/mol. The van der Waals surface area contributed by atoms with E-state index in [1.54, 1.807) is 0 Å². The SMILES string of the molecule is CC(C)C(NC(=O)C12CC3CC(CC(C3)C1)C2)C(=O)NC1CCCCCC1. The van der Waals surface area contributed by atoms with Crippen molar-refractivity contribution in [1.29, 1.82) is 0 Å². The van der Waals surface area contributed by atoms with E-state index in [0.29, 0.717) is 0 Å². The van der Waals surface area contributed by atoms with Gasteiger partial charge in [0.2, 0.25) is 11.8 Å². The van der Waals surface area contributed by atoms with Gasteiger partial charge in [0.1, 0.15) is 6.04 Å². The van der Waals surface area contributed by atoms with E-state index in [4.69, 9.17) is 0 Å². The van der Waals surface area contributed by atoms with Crippen LogP contribution in [0.3, 0.4) is 0 Å². The van der Waals surface area contributed by atoms with Crippen LogP contribution in [0.2, 0.25) is 0 Å². The molecule has 0 heterocycles. The Morgan fingerprint density at radius 1 is 0.852 bits per heavy atom. The highest BCUT2D eigenvalue weighted by Crippen LogP contribution is 2.60. The minimum Gasteiger partial charge on any atom is -0.352 e. The molecular weight excluding hydrogens is 336 g/mol. The number of hydrogen-bond donors (Lipinski definition) is 2. The molecule has 5 rings (SSSR count). The molecule has 5 fully saturated rings. The maximum absolute atomic E-state index is 13.4. The minimum absolute atomic E-state index is 0.0370. The van der Waals surface area contributed by atoms with Gasteiger partial charge < -0.3 is 10.6 Å². The Hall–Kier alpha value is -1.06. The summed E-state index contributed by atoms with van der Waals surface area (Å²) >= 11 is 0. The predicted octanol–water partition coefficient (Wildman–Crippen LogP) is 4.18. The summed E-state index contributed by atoms with van der Waals surface area (Å²) in [5, 5.41) is 6.49. The van der Waals surface area contributed by atoms with Crippen molar-refractivity contribution < 1.29 is 9.59 Å². The lowest BCUT2D eigenvalue weighted by Gasteiger charge is -2.55. The van der Waals surface area contributed by atoms with Gasteiger partial charge in [-0.2, -0.15) is 0 Å².